The van der Waals surface area contributed by atoms with Gasteiger partial charge in [0.05, 0.1) is 6.04 Å². The highest BCUT2D eigenvalue weighted by atomic mass is 32.1. The molecule has 0 fully saturated rings. The Hall–Kier alpha value is -1.92. The molecule has 1 atom stereocenters. The van der Waals surface area contributed by atoms with Crippen molar-refractivity contribution in [2.45, 2.75) is 19.4 Å². The van der Waals surface area contributed by atoms with Crippen LogP contribution in [-0.2, 0) is 11.2 Å². The van der Waals surface area contributed by atoms with E-state index in [1.807, 2.05) is 30.3 Å². The first-order chi connectivity index (χ1) is 11.6. The van der Waals surface area contributed by atoms with Crippen LogP contribution >= 0.6 is 11.3 Å². The number of amides is 1. The summed E-state index contributed by atoms with van der Waals surface area (Å²) in [7, 11) is 1.86. The lowest BCUT2D eigenvalue weighted by atomic mass is 10.2. The van der Waals surface area contributed by atoms with Crippen molar-refractivity contribution in [2.75, 3.05) is 26.7 Å². The standard InChI is InChI=1S/C18H23FN2O2S/c1-14(18(22)20-10-9-15-6-5-13-24-15)21(2)11-12-23-17-8-4-3-7-16(17)19/h3-8,13-14H,9-12H2,1-2H3,(H,20,22). The first-order valence-electron chi connectivity index (χ1n) is 7.95. The van der Waals surface area contributed by atoms with E-state index >= 15 is 0 Å². The molecule has 24 heavy (non-hydrogen) atoms. The molecule has 1 N–H and O–H groups in total. The molecule has 130 valence electrons. The van der Waals surface area contributed by atoms with Gasteiger partial charge in [-0.15, -0.1) is 11.3 Å². The second-order valence-corrected chi connectivity index (χ2v) is 6.59. The van der Waals surface area contributed by atoms with E-state index in [9.17, 15) is 9.18 Å². The number of benzene rings is 1. The normalized spacial score (nSPS) is 12.2. The first-order valence-corrected chi connectivity index (χ1v) is 8.83. The van der Waals surface area contributed by atoms with E-state index in [2.05, 4.69) is 11.4 Å². The third-order valence-electron chi connectivity index (χ3n) is 3.83. The quantitative estimate of drug-likeness (QED) is 0.756. The summed E-state index contributed by atoms with van der Waals surface area (Å²) in [6, 6.07) is 10.1. The molecular formula is C18H23FN2O2S. The number of thiophene rings is 1. The summed E-state index contributed by atoms with van der Waals surface area (Å²) >= 11 is 1.69. The number of rotatable bonds is 9. The maximum Gasteiger partial charge on any atom is 0.237 e. The lowest BCUT2D eigenvalue weighted by Gasteiger charge is -2.23. The molecule has 0 spiro atoms. The van der Waals surface area contributed by atoms with Gasteiger partial charge in [-0.25, -0.2) is 4.39 Å². The zero-order chi connectivity index (χ0) is 17.4. The summed E-state index contributed by atoms with van der Waals surface area (Å²) in [5.41, 5.74) is 0. The highest BCUT2D eigenvalue weighted by Crippen LogP contribution is 2.15. The number of carbonyl (C=O) groups is 1. The van der Waals surface area contributed by atoms with E-state index in [1.54, 1.807) is 29.5 Å². The van der Waals surface area contributed by atoms with Crippen LogP contribution in [0.5, 0.6) is 5.75 Å². The molecular weight excluding hydrogens is 327 g/mol. The van der Waals surface area contributed by atoms with E-state index in [-0.39, 0.29) is 23.5 Å². The van der Waals surface area contributed by atoms with Gasteiger partial charge >= 0.3 is 0 Å². The first kappa shape index (κ1) is 18.4. The van der Waals surface area contributed by atoms with Gasteiger partial charge in [0, 0.05) is 18.0 Å². The number of nitrogens with zero attached hydrogens (tertiary/aromatic N) is 1. The van der Waals surface area contributed by atoms with Crippen LogP contribution in [0, 0.1) is 5.82 Å². The molecule has 6 heteroatoms. The molecule has 4 nitrogen and oxygen atoms in total. The van der Waals surface area contributed by atoms with E-state index < -0.39 is 0 Å². The van der Waals surface area contributed by atoms with Gasteiger partial charge in [-0.1, -0.05) is 18.2 Å². The van der Waals surface area contributed by atoms with Crippen molar-refractivity contribution in [2.24, 2.45) is 0 Å². The molecule has 2 aromatic rings. The van der Waals surface area contributed by atoms with E-state index in [0.717, 1.165) is 6.42 Å². The van der Waals surface area contributed by atoms with Crippen molar-refractivity contribution in [1.82, 2.24) is 10.2 Å². The average molecular weight is 350 g/mol. The predicted molar refractivity (Wildman–Crippen MR) is 95.0 cm³/mol. The van der Waals surface area contributed by atoms with Gasteiger partial charge < -0.3 is 10.1 Å². The average Bonchev–Trinajstić information content (AvgIpc) is 3.09. The number of halogens is 1. The molecule has 1 unspecified atom stereocenters. The highest BCUT2D eigenvalue weighted by Gasteiger charge is 2.17. The molecule has 0 bridgehead atoms. The number of ether oxygens (including phenoxy) is 1. The fourth-order valence-corrected chi connectivity index (χ4v) is 2.88. The molecule has 0 radical (unpaired) electrons. The summed E-state index contributed by atoms with van der Waals surface area (Å²) < 4.78 is 18.9. The number of hydrogen-bond acceptors (Lipinski definition) is 4. The Kier molecular flexibility index (Phi) is 7.21. The summed E-state index contributed by atoms with van der Waals surface area (Å²) in [5.74, 6) is -0.154. The number of hydrogen-bond donors (Lipinski definition) is 1. The monoisotopic (exact) mass is 350 g/mol. The Morgan fingerprint density at radius 2 is 2.12 bits per heavy atom. The zero-order valence-electron chi connectivity index (χ0n) is 14.0. The minimum atomic E-state index is -0.375. The number of para-hydroxylation sites is 1. The van der Waals surface area contributed by atoms with Gasteiger partial charge in [0.1, 0.15) is 6.61 Å². The molecule has 1 aromatic heterocycles. The smallest absolute Gasteiger partial charge is 0.237 e. The van der Waals surface area contributed by atoms with Crippen molar-refractivity contribution in [1.29, 1.82) is 0 Å². The largest absolute Gasteiger partial charge is 0.489 e. The fourth-order valence-electron chi connectivity index (χ4n) is 2.17. The molecule has 1 aromatic carbocycles. The Morgan fingerprint density at radius 3 is 2.83 bits per heavy atom. The van der Waals surface area contributed by atoms with Crippen molar-refractivity contribution in [3.8, 4) is 5.75 Å². The third-order valence-corrected chi connectivity index (χ3v) is 4.77. The molecule has 2 rings (SSSR count). The van der Waals surface area contributed by atoms with Gasteiger partial charge in [0.2, 0.25) is 5.91 Å². The second kappa shape index (κ2) is 9.39. The summed E-state index contributed by atoms with van der Waals surface area (Å²) in [6.07, 6.45) is 0.843. The SMILES string of the molecule is CC(C(=O)NCCc1cccs1)N(C)CCOc1ccccc1F. The van der Waals surface area contributed by atoms with E-state index in [0.29, 0.717) is 19.7 Å². The number of likely N-dealkylation sites (N-methyl/N-ethyl adjacent to an activating group) is 1. The van der Waals surface area contributed by atoms with Gasteiger partial charge in [-0.2, -0.15) is 0 Å². The fraction of sp³-hybridized carbons (Fsp3) is 0.389. The Morgan fingerprint density at radius 1 is 1.33 bits per heavy atom. The lowest BCUT2D eigenvalue weighted by Crippen LogP contribution is -2.45. The van der Waals surface area contributed by atoms with Crippen LogP contribution in [0.15, 0.2) is 41.8 Å². The van der Waals surface area contributed by atoms with Gasteiger partial charge in [0.15, 0.2) is 11.6 Å². The van der Waals surface area contributed by atoms with Crippen molar-refractivity contribution in [3.63, 3.8) is 0 Å². The van der Waals surface area contributed by atoms with Crippen LogP contribution < -0.4 is 10.1 Å². The van der Waals surface area contributed by atoms with E-state index in [1.165, 1.54) is 10.9 Å². The summed E-state index contributed by atoms with van der Waals surface area (Å²) in [4.78, 5) is 15.3. The maximum atomic E-state index is 13.5. The molecule has 0 aliphatic carbocycles. The molecule has 1 heterocycles. The maximum absolute atomic E-state index is 13.5. The van der Waals surface area contributed by atoms with Crippen LogP contribution in [0.3, 0.4) is 0 Å². The topological polar surface area (TPSA) is 41.6 Å². The van der Waals surface area contributed by atoms with Crippen LogP contribution in [0.25, 0.3) is 0 Å². The molecule has 0 saturated carbocycles. The van der Waals surface area contributed by atoms with Crippen LogP contribution in [0.2, 0.25) is 0 Å². The zero-order valence-corrected chi connectivity index (χ0v) is 14.8. The van der Waals surface area contributed by atoms with Crippen LogP contribution in [0.4, 0.5) is 4.39 Å². The Bertz CT molecular complexity index is 634. The van der Waals surface area contributed by atoms with Gasteiger partial charge in [-0.3, -0.25) is 9.69 Å². The highest BCUT2D eigenvalue weighted by molar-refractivity contribution is 7.09. The molecule has 0 aliphatic heterocycles. The third kappa shape index (κ3) is 5.62. The van der Waals surface area contributed by atoms with Crippen molar-refractivity contribution < 1.29 is 13.9 Å². The minimum Gasteiger partial charge on any atom is -0.489 e. The van der Waals surface area contributed by atoms with Crippen molar-refractivity contribution >= 4 is 17.2 Å². The Balaban J connectivity index is 1.67. The molecule has 0 aliphatic rings. The lowest BCUT2D eigenvalue weighted by molar-refractivity contribution is -0.125. The van der Waals surface area contributed by atoms with Gasteiger partial charge in [-0.05, 0) is 44.0 Å². The summed E-state index contributed by atoms with van der Waals surface area (Å²) in [6.45, 7) is 3.34. The predicted octanol–water partition coefficient (Wildman–Crippen LogP) is 2.95. The van der Waals surface area contributed by atoms with Gasteiger partial charge in [0.25, 0.3) is 0 Å². The Labute approximate surface area is 146 Å². The molecule has 1 amide bonds. The number of nitrogens with one attached hydrogen (secondary N) is 1. The second-order valence-electron chi connectivity index (χ2n) is 5.56. The van der Waals surface area contributed by atoms with Crippen LogP contribution in [-0.4, -0.2) is 43.6 Å². The molecule has 0 saturated heterocycles. The van der Waals surface area contributed by atoms with Crippen molar-refractivity contribution in [3.05, 3.63) is 52.5 Å². The summed E-state index contributed by atoms with van der Waals surface area (Å²) in [5, 5.41) is 4.97. The van der Waals surface area contributed by atoms with E-state index in [4.69, 9.17) is 4.74 Å². The van der Waals surface area contributed by atoms with Crippen LogP contribution in [0.1, 0.15) is 11.8 Å². The number of carbonyl (C=O) groups excluding carboxylic acids is 1. The minimum absolute atomic E-state index is 0.0139.